The summed E-state index contributed by atoms with van der Waals surface area (Å²) < 4.78 is 0. The fraction of sp³-hybridized carbons (Fsp3) is 0.500. The van der Waals surface area contributed by atoms with Crippen LogP contribution < -0.4 is 5.73 Å². The summed E-state index contributed by atoms with van der Waals surface area (Å²) in [5.41, 5.74) is 6.29. The second kappa shape index (κ2) is 7.00. The fourth-order valence-electron chi connectivity index (χ4n) is 1.86. The van der Waals surface area contributed by atoms with Crippen LogP contribution >= 0.6 is 0 Å². The van der Waals surface area contributed by atoms with E-state index in [9.17, 15) is 14.9 Å². The smallest absolute Gasteiger partial charge is 0.269 e. The minimum absolute atomic E-state index is 0.0121. The van der Waals surface area contributed by atoms with Gasteiger partial charge in [-0.15, -0.1) is 0 Å². The third kappa shape index (κ3) is 4.03. The first kappa shape index (κ1) is 16.1. The van der Waals surface area contributed by atoms with Gasteiger partial charge in [-0.2, -0.15) is 0 Å². The maximum absolute atomic E-state index is 12.1. The summed E-state index contributed by atoms with van der Waals surface area (Å²) in [5.74, 6) is 0.115. The number of rotatable bonds is 6. The van der Waals surface area contributed by atoms with E-state index in [0.29, 0.717) is 13.0 Å². The van der Waals surface area contributed by atoms with Crippen LogP contribution in [0.4, 0.5) is 5.69 Å². The summed E-state index contributed by atoms with van der Waals surface area (Å²) in [4.78, 5) is 24.0. The molecule has 2 atom stereocenters. The molecule has 20 heavy (non-hydrogen) atoms. The van der Waals surface area contributed by atoms with Crippen molar-refractivity contribution in [1.29, 1.82) is 0 Å². The van der Waals surface area contributed by atoms with Crippen LogP contribution in [0.15, 0.2) is 24.3 Å². The lowest BCUT2D eigenvalue weighted by Crippen LogP contribution is -2.31. The van der Waals surface area contributed by atoms with Crippen LogP contribution in [0.3, 0.4) is 0 Å². The van der Waals surface area contributed by atoms with Gasteiger partial charge in [0.2, 0.25) is 5.91 Å². The molecule has 1 amide bonds. The summed E-state index contributed by atoms with van der Waals surface area (Å²) in [5, 5.41) is 10.8. The summed E-state index contributed by atoms with van der Waals surface area (Å²) in [6.45, 7) is 4.23. The van der Waals surface area contributed by atoms with E-state index in [2.05, 4.69) is 0 Å². The van der Waals surface area contributed by atoms with Gasteiger partial charge in [-0.05, 0) is 24.9 Å². The van der Waals surface area contributed by atoms with Crippen LogP contribution in [-0.4, -0.2) is 29.3 Å². The average Bonchev–Trinajstić information content (AvgIpc) is 2.45. The Balaban J connectivity index is 2.83. The molecular weight excluding hydrogens is 258 g/mol. The Morgan fingerprint density at radius 1 is 1.45 bits per heavy atom. The van der Waals surface area contributed by atoms with Gasteiger partial charge in [0, 0.05) is 25.6 Å². The van der Waals surface area contributed by atoms with Crippen LogP contribution in [0.25, 0.3) is 0 Å². The molecule has 0 aliphatic rings. The van der Waals surface area contributed by atoms with Crippen molar-refractivity contribution >= 4 is 11.6 Å². The van der Waals surface area contributed by atoms with Crippen LogP contribution in [0, 0.1) is 16.0 Å². The highest BCUT2D eigenvalue weighted by Crippen LogP contribution is 2.23. The van der Waals surface area contributed by atoms with Crippen molar-refractivity contribution in [2.24, 2.45) is 11.7 Å². The van der Waals surface area contributed by atoms with Gasteiger partial charge in [0.05, 0.1) is 11.0 Å². The number of nitrogens with two attached hydrogens (primary N) is 1. The zero-order valence-electron chi connectivity index (χ0n) is 12.1. The topological polar surface area (TPSA) is 89.5 Å². The summed E-state index contributed by atoms with van der Waals surface area (Å²) in [6, 6.07) is 6.14. The summed E-state index contributed by atoms with van der Waals surface area (Å²) in [7, 11) is 1.70. The van der Waals surface area contributed by atoms with E-state index < -0.39 is 4.92 Å². The van der Waals surface area contributed by atoms with E-state index in [4.69, 9.17) is 5.73 Å². The lowest BCUT2D eigenvalue weighted by atomic mass is 10.0. The predicted molar refractivity (Wildman–Crippen MR) is 77.1 cm³/mol. The lowest BCUT2D eigenvalue weighted by Gasteiger charge is -2.26. The summed E-state index contributed by atoms with van der Waals surface area (Å²) in [6.07, 6.45) is 0.381. The second-order valence-electron chi connectivity index (χ2n) is 5.08. The number of nitro benzene ring substituents is 1. The highest BCUT2D eigenvalue weighted by atomic mass is 16.6. The second-order valence-corrected chi connectivity index (χ2v) is 5.08. The van der Waals surface area contributed by atoms with Crippen molar-refractivity contribution in [2.75, 3.05) is 13.6 Å². The number of nitrogens with zero attached hydrogens (tertiary/aromatic N) is 2. The number of nitro groups is 1. The largest absolute Gasteiger partial charge is 0.339 e. The standard InChI is InChI=1S/C14H21N3O3/c1-10(9-15)7-14(18)16(3)11(2)12-5-4-6-13(8-12)17(19)20/h4-6,8,10-11H,7,9,15H2,1-3H3. The number of carbonyl (C=O) groups is 1. The Morgan fingerprint density at radius 2 is 2.10 bits per heavy atom. The monoisotopic (exact) mass is 279 g/mol. The molecule has 0 aliphatic carbocycles. The Kier molecular flexibility index (Phi) is 5.64. The van der Waals surface area contributed by atoms with E-state index in [1.165, 1.54) is 12.1 Å². The molecule has 2 N–H and O–H groups in total. The first-order chi connectivity index (χ1) is 9.36. The van der Waals surface area contributed by atoms with E-state index in [0.717, 1.165) is 5.56 Å². The maximum atomic E-state index is 12.1. The molecule has 0 saturated carbocycles. The minimum Gasteiger partial charge on any atom is -0.339 e. The highest BCUT2D eigenvalue weighted by molar-refractivity contribution is 5.76. The van der Waals surface area contributed by atoms with Gasteiger partial charge in [-0.1, -0.05) is 19.1 Å². The molecule has 1 rings (SSSR count). The number of amides is 1. The molecule has 6 nitrogen and oxygen atoms in total. The molecule has 0 spiro atoms. The first-order valence-corrected chi connectivity index (χ1v) is 6.56. The molecule has 0 bridgehead atoms. The van der Waals surface area contributed by atoms with Crippen molar-refractivity contribution < 1.29 is 9.72 Å². The van der Waals surface area contributed by atoms with Crippen molar-refractivity contribution in [3.8, 4) is 0 Å². The minimum atomic E-state index is -0.436. The SMILES string of the molecule is CC(CN)CC(=O)N(C)C(C)c1cccc([N+](=O)[O-])c1. The Hall–Kier alpha value is -1.95. The molecule has 0 aromatic heterocycles. The van der Waals surface area contributed by atoms with Crippen molar-refractivity contribution in [1.82, 2.24) is 4.90 Å². The van der Waals surface area contributed by atoms with Gasteiger partial charge in [0.15, 0.2) is 0 Å². The third-order valence-corrected chi connectivity index (χ3v) is 3.46. The molecule has 0 fully saturated rings. The zero-order valence-corrected chi connectivity index (χ0v) is 12.1. The maximum Gasteiger partial charge on any atom is 0.269 e. The van der Waals surface area contributed by atoms with E-state index in [-0.39, 0.29) is 23.6 Å². The molecule has 0 heterocycles. The molecule has 0 radical (unpaired) electrons. The number of non-ortho nitro benzene ring substituents is 1. The van der Waals surface area contributed by atoms with Crippen molar-refractivity contribution in [2.45, 2.75) is 26.3 Å². The van der Waals surface area contributed by atoms with Crippen molar-refractivity contribution in [3.63, 3.8) is 0 Å². The zero-order chi connectivity index (χ0) is 15.3. The summed E-state index contributed by atoms with van der Waals surface area (Å²) >= 11 is 0. The quantitative estimate of drug-likeness (QED) is 0.638. The number of hydrogen-bond donors (Lipinski definition) is 1. The Labute approximate surface area is 118 Å². The van der Waals surface area contributed by atoms with Crippen LogP contribution in [0.5, 0.6) is 0 Å². The van der Waals surface area contributed by atoms with Crippen LogP contribution in [0.1, 0.15) is 31.9 Å². The first-order valence-electron chi connectivity index (χ1n) is 6.56. The van der Waals surface area contributed by atoms with Crippen LogP contribution in [0.2, 0.25) is 0 Å². The van der Waals surface area contributed by atoms with E-state index in [1.807, 2.05) is 13.8 Å². The van der Waals surface area contributed by atoms with E-state index >= 15 is 0 Å². The Bertz CT molecular complexity index is 490. The predicted octanol–water partition coefficient (Wildman–Crippen LogP) is 2.10. The van der Waals surface area contributed by atoms with Gasteiger partial charge in [-0.25, -0.2) is 0 Å². The van der Waals surface area contributed by atoms with Gasteiger partial charge in [0.25, 0.3) is 5.69 Å². The average molecular weight is 279 g/mol. The molecule has 1 aromatic carbocycles. The molecular formula is C14H21N3O3. The van der Waals surface area contributed by atoms with Gasteiger partial charge >= 0.3 is 0 Å². The molecule has 2 unspecified atom stereocenters. The highest BCUT2D eigenvalue weighted by Gasteiger charge is 2.20. The third-order valence-electron chi connectivity index (χ3n) is 3.46. The normalized spacial score (nSPS) is 13.6. The molecule has 6 heteroatoms. The Morgan fingerprint density at radius 3 is 2.65 bits per heavy atom. The number of benzene rings is 1. The van der Waals surface area contributed by atoms with Crippen molar-refractivity contribution in [3.05, 3.63) is 39.9 Å². The molecule has 0 saturated heterocycles. The van der Waals surface area contributed by atoms with Crippen LogP contribution in [-0.2, 0) is 4.79 Å². The van der Waals surface area contributed by atoms with E-state index in [1.54, 1.807) is 24.1 Å². The number of carbonyl (C=O) groups excluding carboxylic acids is 1. The molecule has 1 aromatic rings. The van der Waals surface area contributed by atoms with Gasteiger partial charge in [0.1, 0.15) is 0 Å². The molecule has 0 aliphatic heterocycles. The number of hydrogen-bond acceptors (Lipinski definition) is 4. The lowest BCUT2D eigenvalue weighted by molar-refractivity contribution is -0.384. The fourth-order valence-corrected chi connectivity index (χ4v) is 1.86. The molecule has 110 valence electrons. The van der Waals surface area contributed by atoms with Gasteiger partial charge in [-0.3, -0.25) is 14.9 Å². The van der Waals surface area contributed by atoms with Gasteiger partial charge < -0.3 is 10.6 Å².